The molecule has 0 fully saturated rings. The Kier molecular flexibility index (Phi) is 5.00. The van der Waals surface area contributed by atoms with Crippen LogP contribution in [0.1, 0.15) is 6.92 Å². The molecule has 1 rings (SSSR count). The molecule has 0 amide bonds. The van der Waals surface area contributed by atoms with E-state index in [1.165, 1.54) is 25.2 Å². The van der Waals surface area contributed by atoms with Gasteiger partial charge in [0.05, 0.1) is 22.0 Å². The Balaban J connectivity index is 3.04. The topological polar surface area (TPSA) is 118 Å². The van der Waals surface area contributed by atoms with Crippen LogP contribution in [0.4, 0.5) is 11.4 Å². The van der Waals surface area contributed by atoms with Crippen molar-refractivity contribution >= 4 is 31.2 Å². The van der Waals surface area contributed by atoms with Crippen molar-refractivity contribution in [2.75, 3.05) is 30.1 Å². The number of sulfonamides is 1. The zero-order chi connectivity index (χ0) is 15.6. The van der Waals surface area contributed by atoms with Crippen LogP contribution in [0.25, 0.3) is 0 Å². The van der Waals surface area contributed by atoms with Gasteiger partial charge in [0.1, 0.15) is 9.84 Å². The zero-order valence-electron chi connectivity index (χ0n) is 11.5. The number of nitrogen functional groups attached to an aromatic ring is 1. The van der Waals surface area contributed by atoms with Gasteiger partial charge in [0, 0.05) is 12.3 Å². The summed E-state index contributed by atoms with van der Waals surface area (Å²) < 4.78 is 48.0. The highest BCUT2D eigenvalue weighted by Crippen LogP contribution is 2.23. The van der Waals surface area contributed by atoms with Gasteiger partial charge in [-0.15, -0.1) is 0 Å². The standard InChI is InChI=1S/C11H19N3O4S2/c1-8(7-19(3,15)16)14-11-6-9(4-5-10(11)12)20(17,18)13-2/h4-6,8,13-14H,7,12H2,1-3H3. The summed E-state index contributed by atoms with van der Waals surface area (Å²) >= 11 is 0. The fourth-order valence-corrected chi connectivity index (χ4v) is 3.45. The minimum Gasteiger partial charge on any atom is -0.397 e. The van der Waals surface area contributed by atoms with Crippen LogP contribution in [0.15, 0.2) is 23.1 Å². The predicted octanol–water partition coefficient (Wildman–Crippen LogP) is 0.0219. The number of anilines is 2. The Morgan fingerprint density at radius 2 is 1.85 bits per heavy atom. The highest BCUT2D eigenvalue weighted by atomic mass is 32.2. The van der Waals surface area contributed by atoms with Gasteiger partial charge in [-0.3, -0.25) is 0 Å². The van der Waals surface area contributed by atoms with Crippen LogP contribution in [0.3, 0.4) is 0 Å². The Morgan fingerprint density at radius 1 is 1.25 bits per heavy atom. The van der Waals surface area contributed by atoms with E-state index in [1.807, 2.05) is 0 Å². The third kappa shape index (κ3) is 4.66. The molecule has 0 aliphatic rings. The van der Waals surface area contributed by atoms with E-state index in [2.05, 4.69) is 10.0 Å². The molecule has 1 aromatic carbocycles. The quantitative estimate of drug-likeness (QED) is 0.636. The van der Waals surface area contributed by atoms with Gasteiger partial charge in [-0.25, -0.2) is 21.6 Å². The summed E-state index contributed by atoms with van der Waals surface area (Å²) in [4.78, 5) is 0.0586. The summed E-state index contributed by atoms with van der Waals surface area (Å²) in [7, 11) is -5.39. The molecule has 0 heterocycles. The van der Waals surface area contributed by atoms with Crippen molar-refractivity contribution in [2.24, 2.45) is 0 Å². The SMILES string of the molecule is CNS(=O)(=O)c1ccc(N)c(NC(C)CS(C)(=O)=O)c1. The molecular formula is C11H19N3O4S2. The number of hydrogen-bond donors (Lipinski definition) is 3. The first-order chi connectivity index (χ1) is 9.05. The molecule has 0 aliphatic carbocycles. The number of hydrogen-bond acceptors (Lipinski definition) is 6. The minimum absolute atomic E-state index is 0.0586. The van der Waals surface area contributed by atoms with E-state index in [-0.39, 0.29) is 16.7 Å². The smallest absolute Gasteiger partial charge is 0.240 e. The van der Waals surface area contributed by atoms with Gasteiger partial charge >= 0.3 is 0 Å². The minimum atomic E-state index is -3.57. The lowest BCUT2D eigenvalue weighted by Crippen LogP contribution is -2.26. The molecular weight excluding hydrogens is 302 g/mol. The second kappa shape index (κ2) is 5.98. The van der Waals surface area contributed by atoms with Gasteiger partial charge in [0.15, 0.2) is 0 Å². The first-order valence-corrected chi connectivity index (χ1v) is 9.37. The summed E-state index contributed by atoms with van der Waals surface area (Å²) in [6.07, 6.45) is 1.14. The van der Waals surface area contributed by atoms with Crippen molar-refractivity contribution in [3.63, 3.8) is 0 Å². The van der Waals surface area contributed by atoms with Crippen LogP contribution in [0.2, 0.25) is 0 Å². The summed E-state index contributed by atoms with van der Waals surface area (Å²) in [6.45, 7) is 1.68. The van der Waals surface area contributed by atoms with Crippen molar-refractivity contribution in [2.45, 2.75) is 17.9 Å². The highest BCUT2D eigenvalue weighted by Gasteiger charge is 2.15. The van der Waals surface area contributed by atoms with E-state index >= 15 is 0 Å². The molecule has 114 valence electrons. The Labute approximate surface area is 119 Å². The van der Waals surface area contributed by atoms with Crippen LogP contribution in [0, 0.1) is 0 Å². The van der Waals surface area contributed by atoms with E-state index in [4.69, 9.17) is 5.73 Å². The van der Waals surface area contributed by atoms with Crippen LogP contribution >= 0.6 is 0 Å². The number of rotatable bonds is 6. The number of nitrogens with two attached hydrogens (primary N) is 1. The van der Waals surface area contributed by atoms with Gasteiger partial charge in [0.25, 0.3) is 0 Å². The van der Waals surface area contributed by atoms with Crippen molar-refractivity contribution in [3.05, 3.63) is 18.2 Å². The second-order valence-corrected chi connectivity index (χ2v) is 8.67. The van der Waals surface area contributed by atoms with E-state index in [0.29, 0.717) is 11.4 Å². The molecule has 0 spiro atoms. The van der Waals surface area contributed by atoms with Gasteiger partial charge in [-0.1, -0.05) is 0 Å². The third-order valence-electron chi connectivity index (χ3n) is 2.56. The van der Waals surface area contributed by atoms with E-state index in [1.54, 1.807) is 6.92 Å². The van der Waals surface area contributed by atoms with Gasteiger partial charge in [-0.05, 0) is 32.2 Å². The molecule has 0 aliphatic heterocycles. The number of benzene rings is 1. The van der Waals surface area contributed by atoms with Gasteiger partial charge in [-0.2, -0.15) is 0 Å². The normalized spacial score (nSPS) is 13.9. The molecule has 0 saturated carbocycles. The van der Waals surface area contributed by atoms with E-state index in [0.717, 1.165) is 6.26 Å². The molecule has 0 aromatic heterocycles. The van der Waals surface area contributed by atoms with Crippen molar-refractivity contribution in [1.82, 2.24) is 4.72 Å². The molecule has 7 nitrogen and oxygen atoms in total. The van der Waals surface area contributed by atoms with Crippen LogP contribution in [-0.4, -0.2) is 41.9 Å². The lowest BCUT2D eigenvalue weighted by Gasteiger charge is -2.17. The fourth-order valence-electron chi connectivity index (χ4n) is 1.71. The van der Waals surface area contributed by atoms with E-state index < -0.39 is 19.9 Å². The maximum absolute atomic E-state index is 11.7. The Bertz CT molecular complexity index is 684. The molecule has 0 bridgehead atoms. The molecule has 1 aromatic rings. The Hall–Kier alpha value is -1.32. The lowest BCUT2D eigenvalue weighted by atomic mass is 10.2. The molecule has 4 N–H and O–H groups in total. The first-order valence-electron chi connectivity index (χ1n) is 5.82. The van der Waals surface area contributed by atoms with Gasteiger partial charge < -0.3 is 11.1 Å². The molecule has 0 saturated heterocycles. The molecule has 9 heteroatoms. The number of sulfone groups is 1. The third-order valence-corrected chi connectivity index (χ3v) is 5.08. The average Bonchev–Trinajstić information content (AvgIpc) is 2.29. The fraction of sp³-hybridized carbons (Fsp3) is 0.455. The van der Waals surface area contributed by atoms with E-state index in [9.17, 15) is 16.8 Å². The lowest BCUT2D eigenvalue weighted by molar-refractivity contribution is 0.587. The van der Waals surface area contributed by atoms with Crippen molar-refractivity contribution in [1.29, 1.82) is 0 Å². The van der Waals surface area contributed by atoms with Crippen molar-refractivity contribution < 1.29 is 16.8 Å². The zero-order valence-corrected chi connectivity index (χ0v) is 13.2. The second-order valence-electron chi connectivity index (χ2n) is 4.59. The highest BCUT2D eigenvalue weighted by molar-refractivity contribution is 7.90. The van der Waals surface area contributed by atoms with Crippen LogP contribution in [0.5, 0.6) is 0 Å². The first kappa shape index (κ1) is 16.7. The summed E-state index contributed by atoms with van der Waals surface area (Å²) in [5.74, 6) is -0.0740. The van der Waals surface area contributed by atoms with Gasteiger partial charge in [0.2, 0.25) is 10.0 Å². The van der Waals surface area contributed by atoms with Crippen LogP contribution < -0.4 is 15.8 Å². The molecule has 20 heavy (non-hydrogen) atoms. The average molecular weight is 321 g/mol. The monoisotopic (exact) mass is 321 g/mol. The Morgan fingerprint density at radius 3 is 2.35 bits per heavy atom. The maximum Gasteiger partial charge on any atom is 0.240 e. The summed E-state index contributed by atoms with van der Waals surface area (Å²) in [5.41, 5.74) is 6.49. The summed E-state index contributed by atoms with van der Waals surface area (Å²) in [5, 5.41) is 2.91. The molecule has 1 atom stereocenters. The molecule has 1 unspecified atom stereocenters. The number of nitrogens with one attached hydrogen (secondary N) is 2. The maximum atomic E-state index is 11.7. The predicted molar refractivity (Wildman–Crippen MR) is 79.9 cm³/mol. The van der Waals surface area contributed by atoms with Crippen molar-refractivity contribution in [3.8, 4) is 0 Å². The van der Waals surface area contributed by atoms with Crippen LogP contribution in [-0.2, 0) is 19.9 Å². The largest absolute Gasteiger partial charge is 0.397 e. The summed E-state index contributed by atoms with van der Waals surface area (Å²) in [6, 6.07) is 3.83. The molecule has 0 radical (unpaired) electrons.